The van der Waals surface area contributed by atoms with Crippen LogP contribution < -0.4 is 10.1 Å². The molecule has 0 aliphatic heterocycles. The molecule has 0 fully saturated rings. The topological polar surface area (TPSA) is 21.3 Å². The Hall–Kier alpha value is -1.49. The second-order valence-corrected chi connectivity index (χ2v) is 7.64. The molecule has 0 saturated heterocycles. The van der Waals surface area contributed by atoms with Crippen molar-refractivity contribution in [3.05, 3.63) is 91.8 Å². The van der Waals surface area contributed by atoms with Gasteiger partial charge in [0.2, 0.25) is 0 Å². The third-order valence-corrected chi connectivity index (χ3v) is 5.50. The van der Waals surface area contributed by atoms with Gasteiger partial charge in [0.1, 0.15) is 12.4 Å². The molecule has 3 aromatic rings. The van der Waals surface area contributed by atoms with E-state index in [9.17, 15) is 0 Å². The first-order valence-electron chi connectivity index (χ1n) is 7.76. The number of benzene rings is 3. The third-order valence-electron chi connectivity index (χ3n) is 3.65. The van der Waals surface area contributed by atoms with E-state index in [0.717, 1.165) is 31.5 Å². The van der Waals surface area contributed by atoms with E-state index in [1.165, 1.54) is 0 Å². The summed E-state index contributed by atoms with van der Waals surface area (Å²) >= 11 is 13.1. The van der Waals surface area contributed by atoms with Gasteiger partial charge in [0.15, 0.2) is 0 Å². The van der Waals surface area contributed by atoms with Crippen LogP contribution in [0.3, 0.4) is 0 Å². The van der Waals surface area contributed by atoms with Crippen molar-refractivity contribution in [2.75, 3.05) is 5.32 Å². The lowest BCUT2D eigenvalue weighted by molar-refractivity contribution is 0.304. The van der Waals surface area contributed by atoms with Gasteiger partial charge in [-0.25, -0.2) is 0 Å². The van der Waals surface area contributed by atoms with Gasteiger partial charge < -0.3 is 10.1 Å². The van der Waals surface area contributed by atoms with Crippen LogP contribution in [0.15, 0.2) is 75.7 Å². The first-order valence-corrected chi connectivity index (χ1v) is 9.72. The molecule has 0 spiro atoms. The molecule has 128 valence electrons. The first-order chi connectivity index (χ1) is 12.1. The minimum Gasteiger partial charge on any atom is -0.488 e. The van der Waals surface area contributed by atoms with Crippen molar-refractivity contribution in [2.45, 2.75) is 13.2 Å². The summed E-state index contributed by atoms with van der Waals surface area (Å²) in [5.74, 6) is 0.833. The monoisotopic (exact) mass is 479 g/mol. The average molecular weight is 482 g/mol. The van der Waals surface area contributed by atoms with E-state index < -0.39 is 0 Å². The van der Waals surface area contributed by atoms with Gasteiger partial charge in [0, 0.05) is 16.7 Å². The van der Waals surface area contributed by atoms with E-state index in [1.54, 1.807) is 0 Å². The summed E-state index contributed by atoms with van der Waals surface area (Å²) in [4.78, 5) is 0. The van der Waals surface area contributed by atoms with Crippen molar-refractivity contribution < 1.29 is 4.74 Å². The molecule has 0 aromatic heterocycles. The highest BCUT2D eigenvalue weighted by molar-refractivity contribution is 9.10. The molecule has 3 aromatic carbocycles. The molecular weight excluding hydrogens is 465 g/mol. The quantitative estimate of drug-likeness (QED) is 0.407. The molecule has 0 atom stereocenters. The Morgan fingerprint density at radius 1 is 0.840 bits per heavy atom. The molecule has 0 aliphatic rings. The van der Waals surface area contributed by atoms with Crippen LogP contribution in [0, 0.1) is 0 Å². The zero-order valence-electron chi connectivity index (χ0n) is 13.3. The van der Waals surface area contributed by atoms with E-state index >= 15 is 0 Å². The summed E-state index contributed by atoms with van der Waals surface area (Å²) in [6.45, 7) is 1.25. The normalized spacial score (nSPS) is 10.5. The lowest BCUT2D eigenvalue weighted by Gasteiger charge is -2.11. The van der Waals surface area contributed by atoms with Crippen molar-refractivity contribution >= 4 is 49.1 Å². The zero-order chi connectivity index (χ0) is 17.6. The summed E-state index contributed by atoms with van der Waals surface area (Å²) in [7, 11) is 0. The highest BCUT2D eigenvalue weighted by Crippen LogP contribution is 2.28. The fraction of sp³-hybridized carbons (Fsp3) is 0.100. The van der Waals surface area contributed by atoms with Crippen LogP contribution in [0.1, 0.15) is 11.1 Å². The molecule has 0 aliphatic carbocycles. The Kier molecular flexibility index (Phi) is 6.40. The number of ether oxygens (including phenoxy) is 1. The molecule has 0 saturated carbocycles. The lowest BCUT2D eigenvalue weighted by atomic mass is 10.2. The zero-order valence-corrected chi connectivity index (χ0v) is 17.2. The Bertz CT molecular complexity index is 856. The van der Waals surface area contributed by atoms with Gasteiger partial charge >= 0.3 is 0 Å². The average Bonchev–Trinajstić information content (AvgIpc) is 2.63. The number of hydrogen-bond acceptors (Lipinski definition) is 2. The van der Waals surface area contributed by atoms with Gasteiger partial charge in [0.25, 0.3) is 0 Å². The van der Waals surface area contributed by atoms with Crippen LogP contribution >= 0.6 is 43.5 Å². The number of hydrogen-bond donors (Lipinski definition) is 1. The van der Waals surface area contributed by atoms with Crippen molar-refractivity contribution in [1.82, 2.24) is 0 Å². The van der Waals surface area contributed by atoms with Crippen molar-refractivity contribution in [1.29, 1.82) is 0 Å². The summed E-state index contributed by atoms with van der Waals surface area (Å²) in [5.41, 5.74) is 3.28. The van der Waals surface area contributed by atoms with Gasteiger partial charge in [-0.05, 0) is 73.3 Å². The predicted molar refractivity (Wildman–Crippen MR) is 111 cm³/mol. The molecule has 0 amide bonds. The fourth-order valence-corrected chi connectivity index (χ4v) is 3.28. The van der Waals surface area contributed by atoms with Gasteiger partial charge in [-0.1, -0.05) is 48.0 Å². The van der Waals surface area contributed by atoms with E-state index in [-0.39, 0.29) is 0 Å². The number of halogens is 3. The molecule has 0 unspecified atom stereocenters. The molecular formula is C20H16Br2ClNO. The molecule has 0 radical (unpaired) electrons. The van der Waals surface area contributed by atoms with Crippen molar-refractivity contribution in [3.8, 4) is 5.75 Å². The van der Waals surface area contributed by atoms with Gasteiger partial charge in [-0.3, -0.25) is 0 Å². The molecule has 5 heteroatoms. The Labute approximate surface area is 169 Å². The first kappa shape index (κ1) is 18.3. The van der Waals surface area contributed by atoms with Crippen molar-refractivity contribution in [3.63, 3.8) is 0 Å². The van der Waals surface area contributed by atoms with Crippen molar-refractivity contribution in [2.24, 2.45) is 0 Å². The molecule has 3 rings (SSSR count). The smallest absolute Gasteiger partial charge is 0.134 e. The highest BCUT2D eigenvalue weighted by atomic mass is 79.9. The van der Waals surface area contributed by atoms with Crippen LogP contribution in [-0.2, 0) is 13.2 Å². The molecule has 2 nitrogen and oxygen atoms in total. The number of rotatable bonds is 6. The highest BCUT2D eigenvalue weighted by Gasteiger charge is 2.04. The summed E-state index contributed by atoms with van der Waals surface area (Å²) in [5, 5.41) is 4.06. The van der Waals surface area contributed by atoms with E-state index in [2.05, 4.69) is 61.4 Å². The van der Waals surface area contributed by atoms with Gasteiger partial charge in [0.05, 0.1) is 9.50 Å². The Morgan fingerprint density at radius 2 is 1.64 bits per heavy atom. The number of anilines is 1. The molecule has 25 heavy (non-hydrogen) atoms. The van der Waals surface area contributed by atoms with Crippen LogP contribution in [0.5, 0.6) is 5.75 Å². The SMILES string of the molecule is Clc1cc(NCc2ccc(OCc3ccccc3)c(Br)c2)ccc1Br. The van der Waals surface area contributed by atoms with Gasteiger partial charge in [-0.2, -0.15) is 0 Å². The lowest BCUT2D eigenvalue weighted by Crippen LogP contribution is -2.00. The molecule has 0 bridgehead atoms. The third kappa shape index (κ3) is 5.24. The van der Waals surface area contributed by atoms with E-state index in [0.29, 0.717) is 18.2 Å². The van der Waals surface area contributed by atoms with Crippen LogP contribution in [0.25, 0.3) is 0 Å². The predicted octanol–water partition coefficient (Wildman–Crippen LogP) is 7.06. The second kappa shape index (κ2) is 8.75. The van der Waals surface area contributed by atoms with E-state index in [4.69, 9.17) is 16.3 Å². The maximum absolute atomic E-state index is 6.12. The van der Waals surface area contributed by atoms with Crippen LogP contribution in [-0.4, -0.2) is 0 Å². The van der Waals surface area contributed by atoms with Crippen LogP contribution in [0.4, 0.5) is 5.69 Å². The standard InChI is InChI=1S/C20H16Br2ClNO/c21-17-8-7-16(11-19(17)23)24-12-15-6-9-20(18(22)10-15)25-13-14-4-2-1-3-5-14/h1-11,24H,12-13H2. The fourth-order valence-electron chi connectivity index (χ4n) is 2.32. The minimum atomic E-state index is 0.550. The van der Waals surface area contributed by atoms with Gasteiger partial charge in [-0.15, -0.1) is 0 Å². The minimum absolute atomic E-state index is 0.550. The Balaban J connectivity index is 1.60. The maximum atomic E-state index is 6.12. The second-order valence-electron chi connectivity index (χ2n) is 5.52. The molecule has 1 N–H and O–H groups in total. The number of nitrogens with one attached hydrogen (secondary N) is 1. The van der Waals surface area contributed by atoms with E-state index in [1.807, 2.05) is 42.5 Å². The summed E-state index contributed by atoms with van der Waals surface area (Å²) < 4.78 is 7.71. The maximum Gasteiger partial charge on any atom is 0.134 e. The Morgan fingerprint density at radius 3 is 2.36 bits per heavy atom. The molecule has 0 heterocycles. The summed E-state index contributed by atoms with van der Waals surface area (Å²) in [6.07, 6.45) is 0. The summed E-state index contributed by atoms with van der Waals surface area (Å²) in [6, 6.07) is 22.0. The largest absolute Gasteiger partial charge is 0.488 e. The van der Waals surface area contributed by atoms with Crippen LogP contribution in [0.2, 0.25) is 5.02 Å².